The number of hydrogen-bond acceptors (Lipinski definition) is 3. The van der Waals surface area contributed by atoms with Crippen molar-refractivity contribution in [2.75, 3.05) is 6.54 Å². The second-order valence-electron chi connectivity index (χ2n) is 3.89. The van der Waals surface area contributed by atoms with Gasteiger partial charge in [-0.2, -0.15) is 5.26 Å². The van der Waals surface area contributed by atoms with E-state index in [1.807, 2.05) is 0 Å². The van der Waals surface area contributed by atoms with E-state index in [0.29, 0.717) is 24.8 Å². The first-order valence-corrected chi connectivity index (χ1v) is 6.44. The van der Waals surface area contributed by atoms with Crippen LogP contribution in [0, 0.1) is 23.2 Å². The van der Waals surface area contributed by atoms with Gasteiger partial charge in [0.2, 0.25) is 10.0 Å². The monoisotopic (exact) mass is 216 g/mol. The van der Waals surface area contributed by atoms with Gasteiger partial charge in [-0.25, -0.2) is 13.1 Å². The van der Waals surface area contributed by atoms with Crippen molar-refractivity contribution in [1.82, 2.24) is 4.72 Å². The molecule has 0 radical (unpaired) electrons. The van der Waals surface area contributed by atoms with Gasteiger partial charge in [-0.3, -0.25) is 0 Å². The molecule has 0 aromatic carbocycles. The Balaban J connectivity index is 2.45. The number of rotatable bonds is 5. The van der Waals surface area contributed by atoms with Crippen LogP contribution in [0.5, 0.6) is 0 Å². The van der Waals surface area contributed by atoms with Crippen molar-refractivity contribution in [2.24, 2.45) is 11.8 Å². The Morgan fingerprint density at radius 3 is 2.57 bits per heavy atom. The predicted octanol–water partition coefficient (Wildman–Crippen LogP) is 0.864. The van der Waals surface area contributed by atoms with E-state index in [9.17, 15) is 8.42 Å². The lowest BCUT2D eigenvalue weighted by molar-refractivity contribution is 0.566. The van der Waals surface area contributed by atoms with Crippen LogP contribution in [0.3, 0.4) is 0 Å². The van der Waals surface area contributed by atoms with E-state index in [1.165, 1.54) is 0 Å². The summed E-state index contributed by atoms with van der Waals surface area (Å²) in [4.78, 5) is 0. The SMILES string of the molecule is CCC(C#N)S(=O)(=O)NCC1CC1C. The Kier molecular flexibility index (Phi) is 3.51. The average Bonchev–Trinajstić information content (AvgIpc) is 2.80. The van der Waals surface area contributed by atoms with E-state index < -0.39 is 15.3 Å². The molecular weight excluding hydrogens is 200 g/mol. The zero-order valence-corrected chi connectivity index (χ0v) is 9.34. The lowest BCUT2D eigenvalue weighted by atomic mass is 10.3. The zero-order chi connectivity index (χ0) is 10.8. The summed E-state index contributed by atoms with van der Waals surface area (Å²) in [7, 11) is -3.41. The summed E-state index contributed by atoms with van der Waals surface area (Å²) in [6.45, 7) is 4.29. The van der Waals surface area contributed by atoms with Crippen LogP contribution in [-0.4, -0.2) is 20.2 Å². The molecule has 1 saturated carbocycles. The predicted molar refractivity (Wildman–Crippen MR) is 53.9 cm³/mol. The Morgan fingerprint density at radius 2 is 2.21 bits per heavy atom. The lowest BCUT2D eigenvalue weighted by Gasteiger charge is -2.09. The Hall–Kier alpha value is -0.600. The molecular formula is C9H16N2O2S. The normalized spacial score (nSPS) is 28.1. The van der Waals surface area contributed by atoms with Crippen LogP contribution in [0.1, 0.15) is 26.7 Å². The molecule has 0 heterocycles. The highest BCUT2D eigenvalue weighted by Gasteiger charge is 2.34. The molecule has 1 fully saturated rings. The van der Waals surface area contributed by atoms with Gasteiger partial charge in [0.25, 0.3) is 0 Å². The van der Waals surface area contributed by atoms with Crippen molar-refractivity contribution in [1.29, 1.82) is 5.26 Å². The maximum absolute atomic E-state index is 11.5. The topological polar surface area (TPSA) is 70.0 Å². The molecule has 0 spiro atoms. The van der Waals surface area contributed by atoms with Crippen molar-refractivity contribution in [3.8, 4) is 6.07 Å². The lowest BCUT2D eigenvalue weighted by Crippen LogP contribution is -2.34. The van der Waals surface area contributed by atoms with Gasteiger partial charge in [0.1, 0.15) is 0 Å². The molecule has 3 atom stereocenters. The highest BCUT2D eigenvalue weighted by Crippen LogP contribution is 2.36. The maximum atomic E-state index is 11.5. The molecule has 3 unspecified atom stereocenters. The molecule has 0 aliphatic heterocycles. The third kappa shape index (κ3) is 2.69. The van der Waals surface area contributed by atoms with Crippen molar-refractivity contribution in [3.63, 3.8) is 0 Å². The van der Waals surface area contributed by atoms with Gasteiger partial charge in [0.15, 0.2) is 5.25 Å². The summed E-state index contributed by atoms with van der Waals surface area (Å²) < 4.78 is 25.5. The molecule has 0 bridgehead atoms. The summed E-state index contributed by atoms with van der Waals surface area (Å²) in [5.74, 6) is 1.10. The first-order valence-electron chi connectivity index (χ1n) is 4.89. The van der Waals surface area contributed by atoms with Gasteiger partial charge in [0.05, 0.1) is 6.07 Å². The van der Waals surface area contributed by atoms with Crippen molar-refractivity contribution in [2.45, 2.75) is 31.9 Å². The van der Waals surface area contributed by atoms with Crippen LogP contribution in [0.15, 0.2) is 0 Å². The number of nitrogens with one attached hydrogen (secondary N) is 1. The third-order valence-electron chi connectivity index (χ3n) is 2.71. The van der Waals surface area contributed by atoms with Gasteiger partial charge >= 0.3 is 0 Å². The van der Waals surface area contributed by atoms with Crippen molar-refractivity contribution in [3.05, 3.63) is 0 Å². The van der Waals surface area contributed by atoms with E-state index in [4.69, 9.17) is 5.26 Å². The van der Waals surface area contributed by atoms with Crippen LogP contribution >= 0.6 is 0 Å². The minimum Gasteiger partial charge on any atom is -0.214 e. The average molecular weight is 216 g/mol. The molecule has 1 aliphatic rings. The van der Waals surface area contributed by atoms with E-state index in [1.54, 1.807) is 13.0 Å². The molecule has 1 rings (SSSR count). The largest absolute Gasteiger partial charge is 0.227 e. The van der Waals surface area contributed by atoms with Crippen molar-refractivity contribution < 1.29 is 8.42 Å². The second-order valence-corrected chi connectivity index (χ2v) is 5.84. The number of hydrogen-bond donors (Lipinski definition) is 1. The molecule has 0 aromatic rings. The number of nitrogens with zero attached hydrogens (tertiary/aromatic N) is 1. The second kappa shape index (κ2) is 4.28. The Labute approximate surface area is 85.4 Å². The fourth-order valence-electron chi connectivity index (χ4n) is 1.39. The molecule has 0 amide bonds. The number of nitriles is 1. The Morgan fingerprint density at radius 1 is 1.64 bits per heavy atom. The minimum absolute atomic E-state index is 0.339. The summed E-state index contributed by atoms with van der Waals surface area (Å²) in [5, 5.41) is 7.72. The Bertz CT molecular complexity index is 331. The van der Waals surface area contributed by atoms with Crippen LogP contribution in [0.25, 0.3) is 0 Å². The van der Waals surface area contributed by atoms with E-state index in [2.05, 4.69) is 11.6 Å². The molecule has 1 N–H and O–H groups in total. The maximum Gasteiger partial charge on any atom is 0.227 e. The zero-order valence-electron chi connectivity index (χ0n) is 8.53. The molecule has 4 nitrogen and oxygen atoms in total. The third-order valence-corrected chi connectivity index (χ3v) is 4.47. The highest BCUT2D eigenvalue weighted by atomic mass is 32.2. The summed E-state index contributed by atoms with van der Waals surface area (Å²) >= 11 is 0. The van der Waals surface area contributed by atoms with Crippen LogP contribution in [-0.2, 0) is 10.0 Å². The fraction of sp³-hybridized carbons (Fsp3) is 0.889. The first-order chi connectivity index (χ1) is 6.51. The highest BCUT2D eigenvalue weighted by molar-refractivity contribution is 7.90. The summed E-state index contributed by atoms with van der Waals surface area (Å²) in [6, 6.07) is 1.80. The number of sulfonamides is 1. The van der Waals surface area contributed by atoms with Crippen LogP contribution in [0.4, 0.5) is 0 Å². The van der Waals surface area contributed by atoms with Gasteiger partial charge < -0.3 is 0 Å². The molecule has 1 aliphatic carbocycles. The van der Waals surface area contributed by atoms with E-state index in [-0.39, 0.29) is 0 Å². The standard InChI is InChI=1S/C9H16N2O2S/c1-3-9(5-10)14(12,13)11-6-8-4-7(8)2/h7-9,11H,3-4,6H2,1-2H3. The quantitative estimate of drug-likeness (QED) is 0.741. The smallest absolute Gasteiger partial charge is 0.214 e. The first kappa shape index (κ1) is 11.5. The van der Waals surface area contributed by atoms with Crippen LogP contribution < -0.4 is 4.72 Å². The molecule has 5 heteroatoms. The van der Waals surface area contributed by atoms with E-state index in [0.717, 1.165) is 6.42 Å². The van der Waals surface area contributed by atoms with Gasteiger partial charge in [-0.15, -0.1) is 0 Å². The van der Waals surface area contributed by atoms with Gasteiger partial charge in [-0.1, -0.05) is 13.8 Å². The molecule has 0 saturated heterocycles. The fourth-order valence-corrected chi connectivity index (χ4v) is 2.61. The molecule has 14 heavy (non-hydrogen) atoms. The van der Waals surface area contributed by atoms with Gasteiger partial charge in [0, 0.05) is 6.54 Å². The summed E-state index contributed by atoms with van der Waals surface area (Å²) in [5.41, 5.74) is 0. The van der Waals surface area contributed by atoms with Gasteiger partial charge in [-0.05, 0) is 24.7 Å². The minimum atomic E-state index is -3.41. The summed E-state index contributed by atoms with van der Waals surface area (Å²) in [6.07, 6.45) is 1.43. The van der Waals surface area contributed by atoms with Crippen LogP contribution in [0.2, 0.25) is 0 Å². The molecule has 80 valence electrons. The van der Waals surface area contributed by atoms with E-state index >= 15 is 0 Å². The molecule has 0 aromatic heterocycles. The van der Waals surface area contributed by atoms with Crippen molar-refractivity contribution >= 4 is 10.0 Å².